The summed E-state index contributed by atoms with van der Waals surface area (Å²) in [7, 11) is 0. The molecule has 1 rings (SSSR count). The number of benzene rings is 1. The molecule has 0 aromatic heterocycles. The first-order valence-electron chi connectivity index (χ1n) is 6.69. The van der Waals surface area contributed by atoms with Crippen LogP contribution >= 0.6 is 23.2 Å². The van der Waals surface area contributed by atoms with Gasteiger partial charge in [0, 0.05) is 11.6 Å². The Morgan fingerprint density at radius 1 is 1.19 bits per heavy atom. The van der Waals surface area contributed by atoms with Gasteiger partial charge in [-0.3, -0.25) is 9.59 Å². The fourth-order valence-electron chi connectivity index (χ4n) is 1.49. The van der Waals surface area contributed by atoms with Crippen molar-refractivity contribution in [2.24, 2.45) is 11.3 Å². The minimum Gasteiger partial charge on any atom is -0.355 e. The highest BCUT2D eigenvalue weighted by Crippen LogP contribution is 2.27. The maximum absolute atomic E-state index is 12.3. The summed E-state index contributed by atoms with van der Waals surface area (Å²) in [5.74, 6) is -0.426. The second-order valence-electron chi connectivity index (χ2n) is 5.81. The number of rotatable bonds is 5. The largest absolute Gasteiger partial charge is 0.355 e. The van der Waals surface area contributed by atoms with Crippen molar-refractivity contribution in [3.8, 4) is 0 Å². The first-order chi connectivity index (χ1) is 9.64. The molecule has 0 fully saturated rings. The predicted molar refractivity (Wildman–Crippen MR) is 86.7 cm³/mol. The highest BCUT2D eigenvalue weighted by atomic mass is 35.5. The molecule has 2 N–H and O–H groups in total. The minimum atomic E-state index is -1.20. The second kappa shape index (κ2) is 7.14. The number of carbonyl (C=O) groups is 2. The van der Waals surface area contributed by atoms with E-state index in [2.05, 4.69) is 10.6 Å². The number of nitrogens with one attached hydrogen (secondary N) is 2. The molecule has 2 amide bonds. The Morgan fingerprint density at radius 3 is 2.33 bits per heavy atom. The third-order valence-corrected chi connectivity index (χ3v) is 3.53. The van der Waals surface area contributed by atoms with Gasteiger partial charge in [0.05, 0.1) is 10.7 Å². The van der Waals surface area contributed by atoms with Gasteiger partial charge in [-0.25, -0.2) is 0 Å². The first-order valence-corrected chi connectivity index (χ1v) is 7.45. The molecule has 1 aromatic carbocycles. The fourth-order valence-corrected chi connectivity index (χ4v) is 1.95. The van der Waals surface area contributed by atoms with Crippen molar-refractivity contribution in [1.82, 2.24) is 5.32 Å². The maximum atomic E-state index is 12.3. The molecule has 0 heterocycles. The summed E-state index contributed by atoms with van der Waals surface area (Å²) in [6.07, 6.45) is 0. The monoisotopic (exact) mass is 330 g/mol. The van der Waals surface area contributed by atoms with Crippen LogP contribution in [0.25, 0.3) is 0 Å². The van der Waals surface area contributed by atoms with E-state index in [-0.39, 0.29) is 5.91 Å². The zero-order valence-electron chi connectivity index (χ0n) is 12.6. The molecular formula is C15H20Cl2N2O2. The van der Waals surface area contributed by atoms with E-state index in [9.17, 15) is 9.59 Å². The van der Waals surface area contributed by atoms with Crippen LogP contribution in [-0.4, -0.2) is 18.4 Å². The third kappa shape index (κ3) is 4.90. The van der Waals surface area contributed by atoms with Crippen molar-refractivity contribution in [2.75, 3.05) is 11.9 Å². The van der Waals surface area contributed by atoms with E-state index in [1.807, 2.05) is 13.8 Å². The summed E-state index contributed by atoms with van der Waals surface area (Å²) >= 11 is 11.8. The Labute approximate surface area is 135 Å². The molecule has 4 nitrogen and oxygen atoms in total. The van der Waals surface area contributed by atoms with Gasteiger partial charge in [-0.05, 0) is 38.0 Å². The Bertz CT molecular complexity index is 542. The smallest absolute Gasteiger partial charge is 0.239 e. The molecule has 21 heavy (non-hydrogen) atoms. The van der Waals surface area contributed by atoms with Crippen LogP contribution in [0, 0.1) is 11.3 Å². The molecule has 0 bridgehead atoms. The van der Waals surface area contributed by atoms with Gasteiger partial charge in [0.15, 0.2) is 0 Å². The van der Waals surface area contributed by atoms with Crippen molar-refractivity contribution < 1.29 is 9.59 Å². The molecule has 0 atom stereocenters. The van der Waals surface area contributed by atoms with Crippen LogP contribution in [0.5, 0.6) is 0 Å². The highest BCUT2D eigenvalue weighted by molar-refractivity contribution is 6.36. The molecule has 0 aliphatic heterocycles. The summed E-state index contributed by atoms with van der Waals surface area (Å²) in [6.45, 7) is 7.64. The lowest BCUT2D eigenvalue weighted by molar-refractivity contribution is -0.138. The molecule has 0 aliphatic carbocycles. The van der Waals surface area contributed by atoms with E-state index in [1.165, 1.54) is 6.07 Å². The molecule has 0 saturated heterocycles. The Balaban J connectivity index is 2.79. The van der Waals surface area contributed by atoms with Crippen LogP contribution in [0.2, 0.25) is 10.0 Å². The molecular weight excluding hydrogens is 311 g/mol. The number of halogens is 2. The Kier molecular flexibility index (Phi) is 6.05. The van der Waals surface area contributed by atoms with Crippen LogP contribution in [0.1, 0.15) is 27.7 Å². The molecule has 116 valence electrons. The number of anilines is 1. The van der Waals surface area contributed by atoms with Crippen LogP contribution in [-0.2, 0) is 9.59 Å². The number of hydrogen-bond donors (Lipinski definition) is 2. The lowest BCUT2D eigenvalue weighted by Crippen LogP contribution is -2.46. The lowest BCUT2D eigenvalue weighted by Gasteiger charge is -2.23. The molecule has 0 aliphatic rings. The summed E-state index contributed by atoms with van der Waals surface area (Å²) in [5.41, 5.74) is -0.770. The van der Waals surface area contributed by atoms with Crippen molar-refractivity contribution in [3.63, 3.8) is 0 Å². The summed E-state index contributed by atoms with van der Waals surface area (Å²) < 4.78 is 0. The minimum absolute atomic E-state index is 0.318. The molecule has 6 heteroatoms. The first kappa shape index (κ1) is 17.8. The predicted octanol–water partition coefficient (Wildman–Crippen LogP) is 3.73. The zero-order chi connectivity index (χ0) is 16.2. The SMILES string of the molecule is CC(C)CNC(=O)C(C)(C)C(=O)Nc1ccc(Cl)cc1Cl. The standard InChI is InChI=1S/C15H20Cl2N2O2/c1-9(2)8-18-13(20)15(3,4)14(21)19-12-6-5-10(16)7-11(12)17/h5-7,9H,8H2,1-4H3,(H,18,20)(H,19,21). The zero-order valence-corrected chi connectivity index (χ0v) is 14.1. The van der Waals surface area contributed by atoms with Crippen molar-refractivity contribution in [1.29, 1.82) is 0 Å². The average molecular weight is 331 g/mol. The van der Waals surface area contributed by atoms with Gasteiger partial charge < -0.3 is 10.6 Å². The number of carbonyl (C=O) groups excluding carboxylic acids is 2. The van der Waals surface area contributed by atoms with Crippen molar-refractivity contribution in [2.45, 2.75) is 27.7 Å². The van der Waals surface area contributed by atoms with Crippen LogP contribution in [0.3, 0.4) is 0 Å². The van der Waals surface area contributed by atoms with Gasteiger partial charge >= 0.3 is 0 Å². The summed E-state index contributed by atoms with van der Waals surface area (Å²) in [5, 5.41) is 6.22. The number of amides is 2. The van der Waals surface area contributed by atoms with E-state index in [4.69, 9.17) is 23.2 Å². The quantitative estimate of drug-likeness (QED) is 0.808. The van der Waals surface area contributed by atoms with Crippen molar-refractivity contribution in [3.05, 3.63) is 28.2 Å². The lowest BCUT2D eigenvalue weighted by atomic mass is 9.90. The number of hydrogen-bond acceptors (Lipinski definition) is 2. The second-order valence-corrected chi connectivity index (χ2v) is 6.65. The van der Waals surface area contributed by atoms with E-state index in [0.29, 0.717) is 28.2 Å². The normalized spacial score (nSPS) is 11.4. The van der Waals surface area contributed by atoms with Crippen LogP contribution < -0.4 is 10.6 Å². The van der Waals surface area contributed by atoms with Crippen LogP contribution in [0.15, 0.2) is 18.2 Å². The Hall–Kier alpha value is -1.26. The van der Waals surface area contributed by atoms with E-state index < -0.39 is 11.3 Å². The summed E-state index contributed by atoms with van der Waals surface area (Å²) in [6, 6.07) is 4.75. The van der Waals surface area contributed by atoms with Gasteiger partial charge in [-0.1, -0.05) is 37.0 Å². The van der Waals surface area contributed by atoms with Gasteiger partial charge in [-0.2, -0.15) is 0 Å². The molecule has 0 saturated carbocycles. The van der Waals surface area contributed by atoms with E-state index >= 15 is 0 Å². The molecule has 0 radical (unpaired) electrons. The molecule has 1 aromatic rings. The van der Waals surface area contributed by atoms with E-state index in [1.54, 1.807) is 26.0 Å². The summed E-state index contributed by atoms with van der Waals surface area (Å²) in [4.78, 5) is 24.4. The molecule has 0 unspecified atom stereocenters. The van der Waals surface area contributed by atoms with Gasteiger partial charge in [0.25, 0.3) is 0 Å². The fraction of sp³-hybridized carbons (Fsp3) is 0.467. The van der Waals surface area contributed by atoms with Crippen molar-refractivity contribution >= 4 is 40.7 Å². The van der Waals surface area contributed by atoms with Gasteiger partial charge in [0.1, 0.15) is 5.41 Å². The highest BCUT2D eigenvalue weighted by Gasteiger charge is 2.36. The maximum Gasteiger partial charge on any atom is 0.239 e. The average Bonchev–Trinajstić information content (AvgIpc) is 2.38. The van der Waals surface area contributed by atoms with Gasteiger partial charge in [-0.15, -0.1) is 0 Å². The van der Waals surface area contributed by atoms with Crippen LogP contribution in [0.4, 0.5) is 5.69 Å². The molecule has 0 spiro atoms. The topological polar surface area (TPSA) is 58.2 Å². The Morgan fingerprint density at radius 2 is 1.81 bits per heavy atom. The van der Waals surface area contributed by atoms with E-state index in [0.717, 1.165) is 0 Å². The van der Waals surface area contributed by atoms with Gasteiger partial charge in [0.2, 0.25) is 11.8 Å². The third-order valence-electron chi connectivity index (χ3n) is 2.99.